The lowest BCUT2D eigenvalue weighted by Crippen LogP contribution is -2.30. The molecule has 2 aromatic rings. The number of carbonyl (C=O) groups excluding carboxylic acids is 1. The van der Waals surface area contributed by atoms with Crippen molar-refractivity contribution in [2.24, 2.45) is 10.8 Å². The van der Waals surface area contributed by atoms with E-state index in [1.165, 1.54) is 6.21 Å². The summed E-state index contributed by atoms with van der Waals surface area (Å²) in [6.07, 6.45) is 3.24. The second-order valence-corrected chi connectivity index (χ2v) is 5.64. The van der Waals surface area contributed by atoms with Gasteiger partial charge in [0.15, 0.2) is 5.82 Å². The molecule has 4 N–H and O–H groups in total. The third-order valence-electron chi connectivity index (χ3n) is 3.45. The molecule has 0 fully saturated rings. The van der Waals surface area contributed by atoms with E-state index in [9.17, 15) is 9.59 Å². The highest BCUT2D eigenvalue weighted by Gasteiger charge is 2.10. The first kappa shape index (κ1) is 19.1. The molecule has 26 heavy (non-hydrogen) atoms. The van der Waals surface area contributed by atoms with E-state index in [2.05, 4.69) is 39.3 Å². The van der Waals surface area contributed by atoms with Crippen molar-refractivity contribution in [2.45, 2.75) is 26.7 Å². The fourth-order valence-electron chi connectivity index (χ4n) is 2.35. The molecule has 1 aromatic carbocycles. The molecule has 0 spiro atoms. The van der Waals surface area contributed by atoms with Gasteiger partial charge in [0.2, 0.25) is 11.9 Å². The van der Waals surface area contributed by atoms with Crippen molar-refractivity contribution in [1.82, 2.24) is 15.0 Å². The summed E-state index contributed by atoms with van der Waals surface area (Å²) in [6, 6.07) is 6.62. The van der Waals surface area contributed by atoms with Crippen molar-refractivity contribution in [1.29, 1.82) is 0 Å². The first-order chi connectivity index (χ1) is 12.5. The number of benzene rings is 1. The number of H-pyrrole nitrogens is 1. The van der Waals surface area contributed by atoms with Crippen LogP contribution in [-0.2, 0) is 0 Å². The van der Waals surface area contributed by atoms with Gasteiger partial charge >= 0.3 is 5.69 Å². The summed E-state index contributed by atoms with van der Waals surface area (Å²) >= 11 is 0. The maximum absolute atomic E-state index is 11.8. The van der Waals surface area contributed by atoms with Gasteiger partial charge < -0.3 is 10.6 Å². The van der Waals surface area contributed by atoms with Crippen LogP contribution in [-0.4, -0.2) is 40.2 Å². The number of hydrogen-bond acceptors (Lipinski definition) is 7. The standard InChI is InChI=1S/C17H23N7O2/c1-3-8-24(9-4-2)16-20-14(21-17(26)22-16)11-19-23-13-7-5-6-12(10-13)15(18)25/h5-7,10-11,23H,3-4,8-9H2,1-2H3,(H2,18,25)(H,20,21,22,26)/b19-11+. The van der Waals surface area contributed by atoms with Gasteiger partial charge in [0.25, 0.3) is 0 Å². The SMILES string of the molecule is CCCN(CCC)c1nc(/C=N/Nc2cccc(C(N)=O)c2)[nH]c(=O)n1. The highest BCUT2D eigenvalue weighted by molar-refractivity contribution is 5.93. The van der Waals surface area contributed by atoms with E-state index >= 15 is 0 Å². The Kier molecular flexibility index (Phi) is 6.84. The predicted molar refractivity (Wildman–Crippen MR) is 102 cm³/mol. The molecule has 138 valence electrons. The fraction of sp³-hybridized carbons (Fsp3) is 0.353. The third kappa shape index (κ3) is 5.40. The molecule has 9 nitrogen and oxygen atoms in total. The first-order valence-corrected chi connectivity index (χ1v) is 8.45. The monoisotopic (exact) mass is 357 g/mol. The molecule has 2 rings (SSSR count). The molecule has 0 radical (unpaired) electrons. The van der Waals surface area contributed by atoms with Gasteiger partial charge in [-0.25, -0.2) is 4.79 Å². The topological polar surface area (TPSA) is 129 Å². The summed E-state index contributed by atoms with van der Waals surface area (Å²) in [7, 11) is 0. The highest BCUT2D eigenvalue weighted by Crippen LogP contribution is 2.10. The van der Waals surface area contributed by atoms with Crippen LogP contribution in [0.4, 0.5) is 11.6 Å². The molecule has 0 aliphatic rings. The number of nitrogens with one attached hydrogen (secondary N) is 2. The summed E-state index contributed by atoms with van der Waals surface area (Å²) in [5.74, 6) is 0.153. The second-order valence-electron chi connectivity index (χ2n) is 5.64. The number of carbonyl (C=O) groups is 1. The van der Waals surface area contributed by atoms with Crippen LogP contribution in [0.2, 0.25) is 0 Å². The molecule has 0 saturated carbocycles. The molecule has 1 heterocycles. The smallest absolute Gasteiger partial charge is 0.349 e. The van der Waals surface area contributed by atoms with Gasteiger partial charge in [0.1, 0.15) is 0 Å². The van der Waals surface area contributed by atoms with Crippen molar-refractivity contribution in [2.75, 3.05) is 23.4 Å². The summed E-state index contributed by atoms with van der Waals surface area (Å²) in [4.78, 5) is 35.8. The molecule has 0 unspecified atom stereocenters. The molecular formula is C17H23N7O2. The molecule has 1 aromatic heterocycles. The van der Waals surface area contributed by atoms with Crippen molar-refractivity contribution < 1.29 is 4.79 Å². The minimum absolute atomic E-state index is 0.288. The minimum atomic E-state index is -0.519. The van der Waals surface area contributed by atoms with E-state index in [1.54, 1.807) is 24.3 Å². The number of hydrazone groups is 1. The average Bonchev–Trinajstić information content (AvgIpc) is 2.61. The van der Waals surface area contributed by atoms with Crippen molar-refractivity contribution in [3.63, 3.8) is 0 Å². The lowest BCUT2D eigenvalue weighted by Gasteiger charge is -2.20. The Balaban J connectivity index is 2.16. The van der Waals surface area contributed by atoms with Crippen LogP contribution >= 0.6 is 0 Å². The Labute approximate surface area is 151 Å². The van der Waals surface area contributed by atoms with Crippen molar-refractivity contribution in [3.8, 4) is 0 Å². The average molecular weight is 357 g/mol. The quantitative estimate of drug-likeness (QED) is 0.459. The van der Waals surface area contributed by atoms with Crippen LogP contribution in [0.1, 0.15) is 42.9 Å². The summed E-state index contributed by atoms with van der Waals surface area (Å²) < 4.78 is 0. The second kappa shape index (κ2) is 9.30. The molecular weight excluding hydrogens is 334 g/mol. The Hall–Kier alpha value is -3.23. The molecule has 0 bridgehead atoms. The Morgan fingerprint density at radius 1 is 1.31 bits per heavy atom. The van der Waals surface area contributed by atoms with Crippen LogP contribution in [0, 0.1) is 0 Å². The number of nitrogens with two attached hydrogens (primary N) is 1. The number of hydrogen-bond donors (Lipinski definition) is 3. The number of primary amides is 1. The van der Waals surface area contributed by atoms with E-state index < -0.39 is 11.6 Å². The number of rotatable bonds is 9. The van der Waals surface area contributed by atoms with Crippen LogP contribution in [0.15, 0.2) is 34.2 Å². The largest absolute Gasteiger partial charge is 0.366 e. The fourth-order valence-corrected chi connectivity index (χ4v) is 2.35. The molecule has 0 aliphatic heterocycles. The van der Waals surface area contributed by atoms with Crippen LogP contribution in [0.25, 0.3) is 0 Å². The van der Waals surface area contributed by atoms with Gasteiger partial charge in [-0.3, -0.25) is 15.2 Å². The number of anilines is 2. The predicted octanol–water partition coefficient (Wildman–Crippen LogP) is 1.34. The van der Waals surface area contributed by atoms with E-state index in [0.717, 1.165) is 25.9 Å². The van der Waals surface area contributed by atoms with E-state index in [-0.39, 0.29) is 5.82 Å². The van der Waals surface area contributed by atoms with Gasteiger partial charge in [-0.15, -0.1) is 0 Å². The number of amides is 1. The van der Waals surface area contributed by atoms with E-state index in [4.69, 9.17) is 5.73 Å². The van der Waals surface area contributed by atoms with Gasteiger partial charge in [-0.1, -0.05) is 19.9 Å². The molecule has 9 heteroatoms. The number of aromatic amines is 1. The molecule has 0 aliphatic carbocycles. The van der Waals surface area contributed by atoms with Gasteiger partial charge in [-0.05, 0) is 31.0 Å². The van der Waals surface area contributed by atoms with Crippen LogP contribution < -0.4 is 21.7 Å². The van der Waals surface area contributed by atoms with E-state index in [1.807, 2.05) is 4.90 Å². The summed E-state index contributed by atoms with van der Waals surface area (Å²) in [6.45, 7) is 5.66. The third-order valence-corrected chi connectivity index (χ3v) is 3.45. The van der Waals surface area contributed by atoms with Gasteiger partial charge in [0.05, 0.1) is 11.9 Å². The van der Waals surface area contributed by atoms with Crippen molar-refractivity contribution >= 4 is 23.8 Å². The van der Waals surface area contributed by atoms with Gasteiger partial charge in [-0.2, -0.15) is 15.1 Å². The summed E-state index contributed by atoms with van der Waals surface area (Å²) in [5.41, 5.74) is 8.50. The van der Waals surface area contributed by atoms with Crippen molar-refractivity contribution in [3.05, 3.63) is 46.1 Å². The molecule has 1 amide bonds. The normalized spacial score (nSPS) is 10.8. The first-order valence-electron chi connectivity index (χ1n) is 8.45. The minimum Gasteiger partial charge on any atom is -0.366 e. The lowest BCUT2D eigenvalue weighted by atomic mass is 10.2. The van der Waals surface area contributed by atoms with E-state index in [0.29, 0.717) is 17.2 Å². The zero-order chi connectivity index (χ0) is 18.9. The highest BCUT2D eigenvalue weighted by atomic mass is 16.1. The van der Waals surface area contributed by atoms with Crippen LogP contribution in [0.3, 0.4) is 0 Å². The Bertz CT molecular complexity index is 826. The number of nitrogens with zero attached hydrogens (tertiary/aromatic N) is 4. The molecule has 0 atom stereocenters. The van der Waals surface area contributed by atoms with Gasteiger partial charge in [0, 0.05) is 18.7 Å². The van der Waals surface area contributed by atoms with Crippen LogP contribution in [0.5, 0.6) is 0 Å². The number of aromatic nitrogens is 3. The Morgan fingerprint density at radius 2 is 2.04 bits per heavy atom. The maximum atomic E-state index is 11.8. The lowest BCUT2D eigenvalue weighted by molar-refractivity contribution is 0.100. The summed E-state index contributed by atoms with van der Waals surface area (Å²) in [5, 5.41) is 4.04. The zero-order valence-electron chi connectivity index (χ0n) is 14.9. The zero-order valence-corrected chi connectivity index (χ0v) is 14.9. The molecule has 0 saturated heterocycles. The Morgan fingerprint density at radius 3 is 2.69 bits per heavy atom. The maximum Gasteiger partial charge on any atom is 0.349 e.